The summed E-state index contributed by atoms with van der Waals surface area (Å²) < 4.78 is 0. The van der Waals surface area contributed by atoms with E-state index in [0.717, 1.165) is 6.61 Å². The fourth-order valence-electron chi connectivity index (χ4n) is 0.837. The van der Waals surface area contributed by atoms with E-state index in [-0.39, 0.29) is 6.04 Å². The topological polar surface area (TPSA) is 34.1 Å². The van der Waals surface area contributed by atoms with Crippen LogP contribution in [0.5, 0.6) is 0 Å². The molecule has 0 saturated carbocycles. The Morgan fingerprint density at radius 3 is 2.85 bits per heavy atom. The van der Waals surface area contributed by atoms with Crippen LogP contribution in [0.3, 0.4) is 0 Å². The van der Waals surface area contributed by atoms with Gasteiger partial charge in [-0.05, 0) is 12.8 Å². The van der Waals surface area contributed by atoms with Gasteiger partial charge in [-0.3, -0.25) is 4.98 Å². The number of thiazole rings is 1. The van der Waals surface area contributed by atoms with Gasteiger partial charge in [-0.1, -0.05) is 13.8 Å². The van der Waals surface area contributed by atoms with Gasteiger partial charge < -0.3 is 4.84 Å². The molecule has 0 radical (unpaired) electrons. The molecule has 0 aliphatic carbocycles. The van der Waals surface area contributed by atoms with Gasteiger partial charge in [0.15, 0.2) is 0 Å². The monoisotopic (exact) mass is 200 g/mol. The maximum Gasteiger partial charge on any atom is 0.0794 e. The summed E-state index contributed by atoms with van der Waals surface area (Å²) in [5.41, 5.74) is 4.82. The molecule has 1 unspecified atom stereocenters. The van der Waals surface area contributed by atoms with Gasteiger partial charge >= 0.3 is 0 Å². The van der Waals surface area contributed by atoms with Crippen molar-refractivity contribution in [1.29, 1.82) is 0 Å². The largest absolute Gasteiger partial charge is 0.301 e. The van der Waals surface area contributed by atoms with E-state index in [1.807, 2.05) is 11.7 Å². The zero-order valence-corrected chi connectivity index (χ0v) is 9.10. The van der Waals surface area contributed by atoms with Crippen LogP contribution in [0.1, 0.15) is 31.7 Å². The van der Waals surface area contributed by atoms with Crippen LogP contribution in [-0.4, -0.2) is 11.6 Å². The van der Waals surface area contributed by atoms with Crippen molar-refractivity contribution in [3.05, 3.63) is 16.6 Å². The molecular formula is C9H16N2OS. The normalized spacial score (nSPS) is 13.5. The van der Waals surface area contributed by atoms with Crippen LogP contribution in [0.4, 0.5) is 0 Å². The quantitative estimate of drug-likeness (QED) is 0.741. The van der Waals surface area contributed by atoms with Crippen LogP contribution >= 0.6 is 11.3 Å². The average Bonchev–Trinajstić information content (AvgIpc) is 2.55. The highest BCUT2D eigenvalue weighted by Gasteiger charge is 2.06. The van der Waals surface area contributed by atoms with Crippen molar-refractivity contribution in [3.8, 4) is 0 Å². The predicted octanol–water partition coefficient (Wildman–Crippen LogP) is 2.38. The third-order valence-corrected chi connectivity index (χ3v) is 2.51. The number of rotatable bonds is 5. The summed E-state index contributed by atoms with van der Waals surface area (Å²) in [6, 6.07) is 0.228. The molecule has 0 aliphatic heterocycles. The Morgan fingerprint density at radius 2 is 2.31 bits per heavy atom. The van der Waals surface area contributed by atoms with Gasteiger partial charge in [0.05, 0.1) is 18.2 Å². The number of nitrogens with one attached hydrogen (secondary N) is 1. The summed E-state index contributed by atoms with van der Waals surface area (Å²) in [6.45, 7) is 7.05. The van der Waals surface area contributed by atoms with E-state index in [0.29, 0.717) is 5.92 Å². The molecule has 1 N–H and O–H groups in total. The molecule has 1 heterocycles. The van der Waals surface area contributed by atoms with Gasteiger partial charge in [-0.25, -0.2) is 0 Å². The number of aromatic nitrogens is 1. The van der Waals surface area contributed by atoms with Crippen molar-refractivity contribution in [2.75, 3.05) is 6.61 Å². The number of hydrogen-bond acceptors (Lipinski definition) is 4. The first-order valence-corrected chi connectivity index (χ1v) is 5.34. The van der Waals surface area contributed by atoms with Crippen molar-refractivity contribution < 1.29 is 4.84 Å². The number of nitrogens with zero attached hydrogens (tertiary/aromatic N) is 1. The standard InChI is InChI=1S/C9H16N2OS/c1-7(2)5-12-11-8(3)9-4-10-6-13-9/h4,6-8,11H,5H2,1-3H3. The lowest BCUT2D eigenvalue weighted by Gasteiger charge is -2.12. The van der Waals surface area contributed by atoms with Crippen LogP contribution in [0.2, 0.25) is 0 Å². The van der Waals surface area contributed by atoms with Crippen molar-refractivity contribution in [1.82, 2.24) is 10.5 Å². The molecular weight excluding hydrogens is 184 g/mol. The molecule has 13 heavy (non-hydrogen) atoms. The second-order valence-electron chi connectivity index (χ2n) is 3.45. The second kappa shape index (κ2) is 5.32. The SMILES string of the molecule is CC(C)CONC(C)c1cncs1. The Bertz CT molecular complexity index is 224. The second-order valence-corrected chi connectivity index (χ2v) is 4.37. The van der Waals surface area contributed by atoms with Gasteiger partial charge in [0.1, 0.15) is 0 Å². The Kier molecular flexibility index (Phi) is 4.35. The van der Waals surface area contributed by atoms with E-state index in [1.165, 1.54) is 4.88 Å². The third-order valence-electron chi connectivity index (χ3n) is 1.55. The first-order chi connectivity index (χ1) is 6.20. The molecule has 0 aliphatic rings. The van der Waals surface area contributed by atoms with E-state index in [4.69, 9.17) is 4.84 Å². The van der Waals surface area contributed by atoms with E-state index in [1.54, 1.807) is 11.3 Å². The summed E-state index contributed by atoms with van der Waals surface area (Å²) in [7, 11) is 0. The Morgan fingerprint density at radius 1 is 1.54 bits per heavy atom. The molecule has 0 amide bonds. The summed E-state index contributed by atoms with van der Waals surface area (Å²) in [5, 5.41) is 0. The highest BCUT2D eigenvalue weighted by atomic mass is 32.1. The first-order valence-electron chi connectivity index (χ1n) is 4.46. The molecule has 1 aromatic rings. The molecule has 3 nitrogen and oxygen atoms in total. The van der Waals surface area contributed by atoms with Gasteiger partial charge in [-0.15, -0.1) is 11.3 Å². The summed E-state index contributed by atoms with van der Waals surface area (Å²) >= 11 is 1.64. The van der Waals surface area contributed by atoms with E-state index < -0.39 is 0 Å². The molecule has 0 fully saturated rings. The maximum absolute atomic E-state index is 5.31. The third kappa shape index (κ3) is 3.85. The smallest absolute Gasteiger partial charge is 0.0794 e. The van der Waals surface area contributed by atoms with E-state index >= 15 is 0 Å². The summed E-state index contributed by atoms with van der Waals surface area (Å²) in [4.78, 5) is 10.5. The van der Waals surface area contributed by atoms with Crippen molar-refractivity contribution in [2.45, 2.75) is 26.8 Å². The number of hydroxylamine groups is 1. The zero-order chi connectivity index (χ0) is 9.68. The highest BCUT2D eigenvalue weighted by molar-refractivity contribution is 7.09. The first kappa shape index (κ1) is 10.6. The summed E-state index contributed by atoms with van der Waals surface area (Å²) in [5.74, 6) is 0.557. The van der Waals surface area contributed by atoms with E-state index in [9.17, 15) is 0 Å². The maximum atomic E-state index is 5.31. The molecule has 0 saturated heterocycles. The van der Waals surface area contributed by atoms with Crippen LogP contribution in [-0.2, 0) is 4.84 Å². The molecule has 1 aromatic heterocycles. The summed E-state index contributed by atoms with van der Waals surface area (Å²) in [6.07, 6.45) is 1.86. The lowest BCUT2D eigenvalue weighted by molar-refractivity contribution is 0.00474. The molecule has 0 aromatic carbocycles. The molecule has 1 rings (SSSR count). The minimum atomic E-state index is 0.228. The Labute approximate surface area is 83.1 Å². The van der Waals surface area contributed by atoms with E-state index in [2.05, 4.69) is 31.2 Å². The van der Waals surface area contributed by atoms with Crippen LogP contribution in [0.15, 0.2) is 11.7 Å². The molecule has 0 bridgehead atoms. The van der Waals surface area contributed by atoms with Gasteiger partial charge in [-0.2, -0.15) is 5.48 Å². The van der Waals surface area contributed by atoms with Crippen LogP contribution < -0.4 is 5.48 Å². The van der Waals surface area contributed by atoms with Crippen LogP contribution in [0, 0.1) is 5.92 Å². The van der Waals surface area contributed by atoms with Crippen molar-refractivity contribution in [2.24, 2.45) is 5.92 Å². The lowest BCUT2D eigenvalue weighted by atomic mass is 10.2. The van der Waals surface area contributed by atoms with Gasteiger partial charge in [0.25, 0.3) is 0 Å². The highest BCUT2D eigenvalue weighted by Crippen LogP contribution is 2.15. The molecule has 0 spiro atoms. The predicted molar refractivity (Wildman–Crippen MR) is 54.5 cm³/mol. The Hall–Kier alpha value is -0.450. The zero-order valence-electron chi connectivity index (χ0n) is 8.28. The lowest BCUT2D eigenvalue weighted by Crippen LogP contribution is -2.20. The van der Waals surface area contributed by atoms with Crippen molar-refractivity contribution >= 4 is 11.3 Å². The minimum absolute atomic E-state index is 0.228. The molecule has 1 atom stereocenters. The molecule has 74 valence electrons. The van der Waals surface area contributed by atoms with Gasteiger partial charge in [0, 0.05) is 11.1 Å². The number of hydrogen-bond donors (Lipinski definition) is 1. The fraction of sp³-hybridized carbons (Fsp3) is 0.667. The van der Waals surface area contributed by atoms with Gasteiger partial charge in [0.2, 0.25) is 0 Å². The minimum Gasteiger partial charge on any atom is -0.301 e. The Balaban J connectivity index is 2.22. The average molecular weight is 200 g/mol. The van der Waals surface area contributed by atoms with Crippen molar-refractivity contribution in [3.63, 3.8) is 0 Å². The molecule has 4 heteroatoms. The van der Waals surface area contributed by atoms with Crippen LogP contribution in [0.25, 0.3) is 0 Å². The fourth-order valence-corrected chi connectivity index (χ4v) is 1.45.